The lowest BCUT2D eigenvalue weighted by atomic mass is 9.87. The number of benzene rings is 3. The summed E-state index contributed by atoms with van der Waals surface area (Å²) in [5.41, 5.74) is 4.06. The van der Waals surface area contributed by atoms with E-state index < -0.39 is 0 Å². The molecule has 0 spiro atoms. The summed E-state index contributed by atoms with van der Waals surface area (Å²) in [5, 5.41) is 3.08. The van der Waals surface area contributed by atoms with Gasteiger partial charge >= 0.3 is 0 Å². The topological polar surface area (TPSA) is 87.7 Å². The predicted molar refractivity (Wildman–Crippen MR) is 157 cm³/mol. The van der Waals surface area contributed by atoms with E-state index in [2.05, 4.69) is 10.2 Å². The molecule has 9 heteroatoms. The molecule has 1 atom stereocenters. The van der Waals surface area contributed by atoms with Crippen LogP contribution in [0.25, 0.3) is 0 Å². The number of methoxy groups -OCH3 is 5. The van der Waals surface area contributed by atoms with E-state index in [0.29, 0.717) is 54.9 Å². The first-order valence-electron chi connectivity index (χ1n) is 13.7. The van der Waals surface area contributed by atoms with Crippen molar-refractivity contribution in [1.29, 1.82) is 0 Å². The van der Waals surface area contributed by atoms with Crippen LogP contribution in [0.15, 0.2) is 48.5 Å². The van der Waals surface area contributed by atoms with Crippen LogP contribution < -0.4 is 33.7 Å². The molecule has 3 aromatic carbocycles. The number of amides is 1. The molecule has 0 radical (unpaired) electrons. The lowest BCUT2D eigenvalue weighted by Crippen LogP contribution is -2.43. The number of nitrogens with one attached hydrogen (secondary N) is 1. The van der Waals surface area contributed by atoms with E-state index in [1.807, 2.05) is 55.5 Å². The molecule has 9 nitrogen and oxygen atoms in total. The number of nitrogens with zero attached hydrogens (tertiary/aromatic N) is 1. The molecule has 4 rings (SSSR count). The summed E-state index contributed by atoms with van der Waals surface area (Å²) in [6, 6.07) is 15.5. The highest BCUT2D eigenvalue weighted by Gasteiger charge is 2.35. The van der Waals surface area contributed by atoms with E-state index in [4.69, 9.17) is 28.4 Å². The fourth-order valence-corrected chi connectivity index (χ4v) is 5.44. The summed E-state index contributed by atoms with van der Waals surface area (Å²) in [5.74, 6) is 3.78. The predicted octanol–water partition coefficient (Wildman–Crippen LogP) is 4.59. The Hall–Kier alpha value is -4.11. The van der Waals surface area contributed by atoms with Crippen LogP contribution in [0.3, 0.4) is 0 Å². The van der Waals surface area contributed by atoms with Crippen molar-refractivity contribution in [2.75, 3.05) is 55.2 Å². The van der Waals surface area contributed by atoms with Crippen LogP contribution >= 0.6 is 0 Å². The summed E-state index contributed by atoms with van der Waals surface area (Å²) in [7, 11) is 8.09. The Morgan fingerprint density at radius 2 is 1.59 bits per heavy atom. The van der Waals surface area contributed by atoms with Gasteiger partial charge in [0.2, 0.25) is 11.7 Å². The second-order valence-electron chi connectivity index (χ2n) is 9.67. The monoisotopic (exact) mass is 564 g/mol. The number of carbonyl (C=O) groups is 1. The van der Waals surface area contributed by atoms with Gasteiger partial charge in [-0.25, -0.2) is 0 Å². The van der Waals surface area contributed by atoms with Gasteiger partial charge in [-0.3, -0.25) is 9.69 Å². The fourth-order valence-electron chi connectivity index (χ4n) is 5.44. The van der Waals surface area contributed by atoms with Crippen molar-refractivity contribution >= 4 is 5.91 Å². The van der Waals surface area contributed by atoms with Gasteiger partial charge in [-0.1, -0.05) is 24.3 Å². The number of para-hydroxylation sites is 1. The van der Waals surface area contributed by atoms with Crippen molar-refractivity contribution in [1.82, 2.24) is 10.2 Å². The van der Waals surface area contributed by atoms with Crippen LogP contribution in [0, 0.1) is 0 Å². The van der Waals surface area contributed by atoms with Crippen molar-refractivity contribution in [2.45, 2.75) is 32.4 Å². The third kappa shape index (κ3) is 6.62. The number of hydrogen-bond donors (Lipinski definition) is 1. The third-order valence-electron chi connectivity index (χ3n) is 7.37. The Balaban J connectivity index is 1.66. The van der Waals surface area contributed by atoms with Gasteiger partial charge in [0, 0.05) is 30.3 Å². The van der Waals surface area contributed by atoms with Crippen molar-refractivity contribution < 1.29 is 33.2 Å². The molecule has 220 valence electrons. The summed E-state index contributed by atoms with van der Waals surface area (Å²) in [4.78, 5) is 15.5. The van der Waals surface area contributed by atoms with Gasteiger partial charge in [0.15, 0.2) is 23.0 Å². The maximum atomic E-state index is 13.3. The molecule has 41 heavy (non-hydrogen) atoms. The molecule has 1 aliphatic rings. The van der Waals surface area contributed by atoms with E-state index in [-0.39, 0.29) is 18.5 Å². The van der Waals surface area contributed by atoms with Gasteiger partial charge in [0.1, 0.15) is 5.75 Å². The maximum absolute atomic E-state index is 13.3. The molecule has 1 heterocycles. The lowest BCUT2D eigenvalue weighted by molar-refractivity contribution is -0.123. The lowest BCUT2D eigenvalue weighted by Gasteiger charge is -2.38. The first-order valence-corrected chi connectivity index (χ1v) is 13.7. The van der Waals surface area contributed by atoms with Crippen molar-refractivity contribution in [3.05, 3.63) is 70.8 Å². The SMILES string of the molecule is CCOc1ccccc1CNC(=O)CN1CCc2cc(OC)c(OC)c(OC)c2C1Cc1ccc(OC)c(OC)c1. The first kappa shape index (κ1) is 29.9. The number of carbonyl (C=O) groups excluding carboxylic acids is 1. The van der Waals surface area contributed by atoms with Crippen molar-refractivity contribution in [2.24, 2.45) is 0 Å². The van der Waals surface area contributed by atoms with Crippen LogP contribution in [0.4, 0.5) is 0 Å². The molecule has 0 saturated carbocycles. The summed E-state index contributed by atoms with van der Waals surface area (Å²) >= 11 is 0. The molecule has 0 aromatic heterocycles. The molecule has 1 N–H and O–H groups in total. The van der Waals surface area contributed by atoms with Gasteiger partial charge in [-0.15, -0.1) is 0 Å². The zero-order valence-corrected chi connectivity index (χ0v) is 24.7. The normalized spacial score (nSPS) is 14.5. The first-order chi connectivity index (χ1) is 20.0. The highest BCUT2D eigenvalue weighted by atomic mass is 16.5. The molecule has 0 fully saturated rings. The van der Waals surface area contributed by atoms with Crippen LogP contribution in [-0.2, 0) is 24.2 Å². The third-order valence-corrected chi connectivity index (χ3v) is 7.37. The number of fused-ring (bicyclic) bond motifs is 1. The molecule has 1 unspecified atom stereocenters. The van der Waals surface area contributed by atoms with Crippen LogP contribution in [0.2, 0.25) is 0 Å². The second kappa shape index (κ2) is 14.0. The molecule has 0 aliphatic carbocycles. The fraction of sp³-hybridized carbons (Fsp3) is 0.406. The van der Waals surface area contributed by atoms with E-state index in [9.17, 15) is 4.79 Å². The molecular formula is C32H40N2O7. The largest absolute Gasteiger partial charge is 0.494 e. The van der Waals surface area contributed by atoms with Crippen molar-refractivity contribution in [3.8, 4) is 34.5 Å². The molecule has 3 aromatic rings. The number of ether oxygens (including phenoxy) is 6. The summed E-state index contributed by atoms with van der Waals surface area (Å²) in [6.45, 7) is 3.79. The van der Waals surface area contributed by atoms with Gasteiger partial charge < -0.3 is 33.7 Å². The Morgan fingerprint density at radius 1 is 0.854 bits per heavy atom. The number of hydrogen-bond acceptors (Lipinski definition) is 8. The smallest absolute Gasteiger partial charge is 0.234 e. The molecule has 0 saturated heterocycles. The van der Waals surface area contributed by atoms with Crippen LogP contribution in [0.5, 0.6) is 34.5 Å². The summed E-state index contributed by atoms with van der Waals surface area (Å²) in [6.07, 6.45) is 1.34. The highest BCUT2D eigenvalue weighted by Crippen LogP contribution is 2.48. The van der Waals surface area contributed by atoms with Crippen LogP contribution in [0.1, 0.15) is 35.2 Å². The average molecular weight is 565 g/mol. The van der Waals surface area contributed by atoms with Gasteiger partial charge in [-0.05, 0) is 55.2 Å². The highest BCUT2D eigenvalue weighted by molar-refractivity contribution is 5.78. The molecular weight excluding hydrogens is 524 g/mol. The molecule has 0 bridgehead atoms. The summed E-state index contributed by atoms with van der Waals surface area (Å²) < 4.78 is 34.0. The van der Waals surface area contributed by atoms with Crippen molar-refractivity contribution in [3.63, 3.8) is 0 Å². The Morgan fingerprint density at radius 3 is 2.27 bits per heavy atom. The molecule has 1 aliphatic heterocycles. The molecule has 1 amide bonds. The van der Waals surface area contributed by atoms with E-state index in [1.54, 1.807) is 35.5 Å². The quantitative estimate of drug-likeness (QED) is 0.323. The average Bonchev–Trinajstić information content (AvgIpc) is 3.00. The van der Waals surface area contributed by atoms with Crippen LogP contribution in [-0.4, -0.2) is 66.1 Å². The second-order valence-corrected chi connectivity index (χ2v) is 9.67. The standard InChI is InChI=1S/C32H40N2O7/c1-7-41-25-11-9-8-10-23(25)19-33-29(35)20-34-15-14-22-18-28(38-4)31(39-5)32(40-6)30(22)24(34)16-21-12-13-26(36-2)27(17-21)37-3/h8-13,17-18,24H,7,14-16,19-20H2,1-6H3,(H,33,35). The van der Waals surface area contributed by atoms with E-state index in [0.717, 1.165) is 34.4 Å². The zero-order valence-electron chi connectivity index (χ0n) is 24.7. The zero-order chi connectivity index (χ0) is 29.4. The minimum absolute atomic E-state index is 0.0727. The minimum atomic E-state index is -0.173. The van der Waals surface area contributed by atoms with Gasteiger partial charge in [0.25, 0.3) is 0 Å². The minimum Gasteiger partial charge on any atom is -0.494 e. The van der Waals surface area contributed by atoms with E-state index in [1.165, 1.54) is 0 Å². The number of rotatable bonds is 13. The Kier molecular flexibility index (Phi) is 10.2. The van der Waals surface area contributed by atoms with Gasteiger partial charge in [0.05, 0.1) is 48.7 Å². The Labute approximate surface area is 242 Å². The van der Waals surface area contributed by atoms with E-state index >= 15 is 0 Å². The van der Waals surface area contributed by atoms with Gasteiger partial charge in [-0.2, -0.15) is 0 Å². The Bertz CT molecular complexity index is 1340. The maximum Gasteiger partial charge on any atom is 0.234 e.